The van der Waals surface area contributed by atoms with Crippen molar-refractivity contribution in [2.24, 2.45) is 0 Å². The predicted octanol–water partition coefficient (Wildman–Crippen LogP) is 1.27. The Bertz CT molecular complexity index is 768. The number of amides is 1. The Morgan fingerprint density at radius 2 is 1.73 bits per heavy atom. The van der Waals surface area contributed by atoms with Gasteiger partial charge in [-0.15, -0.1) is 0 Å². The maximum atomic E-state index is 12.3. The summed E-state index contributed by atoms with van der Waals surface area (Å²) in [5.41, 5.74) is 1.22. The van der Waals surface area contributed by atoms with Gasteiger partial charge in [-0.05, 0) is 31.3 Å². The number of piperazine rings is 1. The summed E-state index contributed by atoms with van der Waals surface area (Å²) in [5, 5.41) is 2.73. The molecule has 0 spiro atoms. The molecule has 2 aromatic rings. The molecular formula is C18H21N5O3. The van der Waals surface area contributed by atoms with Crippen molar-refractivity contribution >= 4 is 23.4 Å². The number of likely N-dealkylation sites (N-methyl/N-ethyl adjacent to an activating group) is 1. The van der Waals surface area contributed by atoms with Crippen molar-refractivity contribution in [3.8, 4) is 0 Å². The number of nitrogens with one attached hydrogen (secondary N) is 1. The lowest BCUT2D eigenvalue weighted by atomic mass is 10.2. The van der Waals surface area contributed by atoms with Crippen LogP contribution in [0.1, 0.15) is 20.8 Å². The first-order valence-electron chi connectivity index (χ1n) is 8.32. The molecule has 0 atom stereocenters. The number of rotatable bonds is 4. The Hall–Kier alpha value is -3.00. The second-order valence-electron chi connectivity index (χ2n) is 6.07. The van der Waals surface area contributed by atoms with Crippen LogP contribution in [0, 0.1) is 0 Å². The fourth-order valence-electron chi connectivity index (χ4n) is 2.64. The molecule has 0 unspecified atom stereocenters. The van der Waals surface area contributed by atoms with Gasteiger partial charge in [0.15, 0.2) is 0 Å². The summed E-state index contributed by atoms with van der Waals surface area (Å²) in [7, 11) is 3.41. The molecule has 2 heterocycles. The van der Waals surface area contributed by atoms with Crippen LogP contribution in [0.3, 0.4) is 0 Å². The molecule has 0 aliphatic carbocycles. The minimum absolute atomic E-state index is 0.236. The molecule has 136 valence electrons. The Morgan fingerprint density at radius 3 is 2.31 bits per heavy atom. The molecule has 1 N–H and O–H groups in total. The van der Waals surface area contributed by atoms with Gasteiger partial charge in [0.05, 0.1) is 25.1 Å². The van der Waals surface area contributed by atoms with Gasteiger partial charge in [0.1, 0.15) is 11.5 Å². The molecule has 8 nitrogen and oxygen atoms in total. The predicted molar refractivity (Wildman–Crippen MR) is 97.5 cm³/mol. The Morgan fingerprint density at radius 1 is 1.04 bits per heavy atom. The van der Waals surface area contributed by atoms with Crippen LogP contribution in [0.5, 0.6) is 0 Å². The maximum Gasteiger partial charge on any atom is 0.337 e. The Kier molecular flexibility index (Phi) is 5.43. The van der Waals surface area contributed by atoms with Gasteiger partial charge in [0.25, 0.3) is 5.91 Å². The molecule has 26 heavy (non-hydrogen) atoms. The number of carbonyl (C=O) groups is 2. The number of nitrogens with zero attached hydrogens (tertiary/aromatic N) is 4. The number of benzene rings is 1. The summed E-state index contributed by atoms with van der Waals surface area (Å²) < 4.78 is 4.64. The lowest BCUT2D eigenvalue weighted by molar-refractivity contribution is 0.0600. The molecule has 1 aliphatic rings. The normalized spacial score (nSPS) is 14.8. The summed E-state index contributed by atoms with van der Waals surface area (Å²) in [6.07, 6.45) is 3.10. The molecule has 0 radical (unpaired) electrons. The number of hydrogen-bond donors (Lipinski definition) is 1. The third-order valence-corrected chi connectivity index (χ3v) is 4.26. The average Bonchev–Trinajstić information content (AvgIpc) is 2.68. The third-order valence-electron chi connectivity index (χ3n) is 4.26. The number of esters is 1. The Balaban J connectivity index is 1.62. The van der Waals surface area contributed by atoms with E-state index in [1.54, 1.807) is 30.5 Å². The van der Waals surface area contributed by atoms with Crippen molar-refractivity contribution in [1.82, 2.24) is 14.9 Å². The van der Waals surface area contributed by atoms with Gasteiger partial charge in [0.2, 0.25) is 0 Å². The third kappa shape index (κ3) is 4.15. The Labute approximate surface area is 151 Å². The molecule has 1 saturated heterocycles. The molecule has 3 rings (SSSR count). The van der Waals surface area contributed by atoms with Crippen molar-refractivity contribution in [2.75, 3.05) is 50.6 Å². The van der Waals surface area contributed by atoms with E-state index in [0.29, 0.717) is 11.3 Å². The summed E-state index contributed by atoms with van der Waals surface area (Å²) in [5.74, 6) is -0.00133. The van der Waals surface area contributed by atoms with Gasteiger partial charge in [-0.2, -0.15) is 0 Å². The van der Waals surface area contributed by atoms with E-state index in [1.807, 2.05) is 0 Å². The molecule has 1 fully saturated rings. The van der Waals surface area contributed by atoms with Crippen molar-refractivity contribution in [2.45, 2.75) is 0 Å². The highest BCUT2D eigenvalue weighted by atomic mass is 16.5. The van der Waals surface area contributed by atoms with Crippen LogP contribution < -0.4 is 10.2 Å². The second-order valence-corrected chi connectivity index (χ2v) is 6.07. The lowest BCUT2D eigenvalue weighted by Crippen LogP contribution is -2.44. The van der Waals surface area contributed by atoms with E-state index in [-0.39, 0.29) is 11.6 Å². The lowest BCUT2D eigenvalue weighted by Gasteiger charge is -2.32. The zero-order valence-corrected chi connectivity index (χ0v) is 14.8. The molecule has 0 saturated carbocycles. The first-order chi connectivity index (χ1) is 12.6. The van der Waals surface area contributed by atoms with Crippen LogP contribution in [0.15, 0.2) is 36.7 Å². The SMILES string of the molecule is COC(=O)c1ccc(NC(=O)c2cnc(N3CCN(C)CC3)cn2)cc1. The molecule has 1 aromatic heterocycles. The van der Waals surface area contributed by atoms with Gasteiger partial charge < -0.3 is 19.9 Å². The van der Waals surface area contributed by atoms with Crippen molar-refractivity contribution < 1.29 is 14.3 Å². The van der Waals surface area contributed by atoms with E-state index in [0.717, 1.165) is 32.0 Å². The maximum absolute atomic E-state index is 12.3. The topological polar surface area (TPSA) is 87.7 Å². The summed E-state index contributed by atoms with van der Waals surface area (Å²) in [6.45, 7) is 3.74. The highest BCUT2D eigenvalue weighted by Gasteiger charge is 2.16. The first kappa shape index (κ1) is 17.8. The van der Waals surface area contributed by atoms with Gasteiger partial charge in [0, 0.05) is 31.9 Å². The van der Waals surface area contributed by atoms with Crippen molar-refractivity contribution in [3.05, 3.63) is 47.9 Å². The van der Waals surface area contributed by atoms with Crippen LogP contribution >= 0.6 is 0 Å². The van der Waals surface area contributed by atoms with Crippen LogP contribution in [0.2, 0.25) is 0 Å². The number of hydrogen-bond acceptors (Lipinski definition) is 7. The largest absolute Gasteiger partial charge is 0.465 e. The minimum Gasteiger partial charge on any atom is -0.465 e. The fourth-order valence-corrected chi connectivity index (χ4v) is 2.64. The second kappa shape index (κ2) is 7.92. The summed E-state index contributed by atoms with van der Waals surface area (Å²) in [4.78, 5) is 36.7. The van der Waals surface area contributed by atoms with Crippen molar-refractivity contribution in [1.29, 1.82) is 0 Å². The smallest absolute Gasteiger partial charge is 0.337 e. The quantitative estimate of drug-likeness (QED) is 0.826. The fraction of sp³-hybridized carbons (Fsp3) is 0.333. The highest BCUT2D eigenvalue weighted by molar-refractivity contribution is 6.03. The minimum atomic E-state index is -0.423. The van der Waals surface area contributed by atoms with E-state index < -0.39 is 5.97 Å². The standard InChI is InChI=1S/C18H21N5O3/c1-22-7-9-23(10-8-22)16-12-19-15(11-20-16)17(24)21-14-5-3-13(4-6-14)18(25)26-2/h3-6,11-12H,7-10H2,1-2H3,(H,21,24). The summed E-state index contributed by atoms with van der Waals surface area (Å²) >= 11 is 0. The highest BCUT2D eigenvalue weighted by Crippen LogP contribution is 2.14. The van der Waals surface area contributed by atoms with Gasteiger partial charge in [-0.25, -0.2) is 14.8 Å². The van der Waals surface area contributed by atoms with Gasteiger partial charge in [-0.3, -0.25) is 4.79 Å². The van der Waals surface area contributed by atoms with E-state index >= 15 is 0 Å². The van der Waals surface area contributed by atoms with E-state index in [9.17, 15) is 9.59 Å². The van der Waals surface area contributed by atoms with Crippen LogP contribution in [0.4, 0.5) is 11.5 Å². The number of aromatic nitrogens is 2. The van der Waals surface area contributed by atoms with Gasteiger partial charge in [-0.1, -0.05) is 0 Å². The molecule has 0 bridgehead atoms. The summed E-state index contributed by atoms with van der Waals surface area (Å²) in [6, 6.07) is 6.44. The number of ether oxygens (including phenoxy) is 1. The molecule has 1 aliphatic heterocycles. The number of anilines is 2. The zero-order chi connectivity index (χ0) is 18.5. The first-order valence-corrected chi connectivity index (χ1v) is 8.32. The molecule has 8 heteroatoms. The number of carbonyl (C=O) groups excluding carboxylic acids is 2. The van der Waals surface area contributed by atoms with Crippen LogP contribution in [-0.4, -0.2) is 67.1 Å². The van der Waals surface area contributed by atoms with Crippen molar-refractivity contribution in [3.63, 3.8) is 0 Å². The number of methoxy groups -OCH3 is 1. The van der Waals surface area contributed by atoms with Gasteiger partial charge >= 0.3 is 5.97 Å². The molecule has 1 aromatic carbocycles. The average molecular weight is 355 g/mol. The van der Waals surface area contributed by atoms with E-state index in [4.69, 9.17) is 0 Å². The zero-order valence-electron chi connectivity index (χ0n) is 14.8. The van der Waals surface area contributed by atoms with Crippen LogP contribution in [0.25, 0.3) is 0 Å². The molecule has 1 amide bonds. The van der Waals surface area contributed by atoms with Crippen LogP contribution in [-0.2, 0) is 4.74 Å². The molecular weight excluding hydrogens is 334 g/mol. The van der Waals surface area contributed by atoms with E-state index in [1.165, 1.54) is 13.3 Å². The monoisotopic (exact) mass is 355 g/mol. The van der Waals surface area contributed by atoms with E-state index in [2.05, 4.69) is 36.9 Å².